The van der Waals surface area contributed by atoms with Crippen molar-refractivity contribution in [1.29, 1.82) is 0 Å². The quantitative estimate of drug-likeness (QED) is 0.682. The highest BCUT2D eigenvalue weighted by Crippen LogP contribution is 2.13. The molecule has 3 nitrogen and oxygen atoms in total. The van der Waals surface area contributed by atoms with Gasteiger partial charge in [0, 0.05) is 3.57 Å². The predicted octanol–water partition coefficient (Wildman–Crippen LogP) is 1.60. The van der Waals surface area contributed by atoms with Gasteiger partial charge in [0.15, 0.2) is 0 Å². The van der Waals surface area contributed by atoms with Gasteiger partial charge in [-0.25, -0.2) is 0 Å². The first kappa shape index (κ1) is 11.5. The number of benzene rings is 1. The van der Waals surface area contributed by atoms with Crippen LogP contribution in [0.1, 0.15) is 11.1 Å². The van der Waals surface area contributed by atoms with Crippen LogP contribution in [0.2, 0.25) is 0 Å². The van der Waals surface area contributed by atoms with E-state index in [0.29, 0.717) is 6.61 Å². The molecule has 14 heavy (non-hydrogen) atoms. The molecule has 0 aromatic heterocycles. The van der Waals surface area contributed by atoms with Gasteiger partial charge in [-0.3, -0.25) is 4.79 Å². The van der Waals surface area contributed by atoms with E-state index in [2.05, 4.69) is 22.6 Å². The summed E-state index contributed by atoms with van der Waals surface area (Å²) in [6, 6.07) is 5.95. The molecule has 2 N–H and O–H groups in total. The molecule has 1 aromatic carbocycles. The molecular weight excluding hydrogens is 293 g/mol. The van der Waals surface area contributed by atoms with E-state index < -0.39 is 0 Å². The Hall–Kier alpha value is -0.620. The van der Waals surface area contributed by atoms with E-state index in [0.717, 1.165) is 5.56 Å². The van der Waals surface area contributed by atoms with Gasteiger partial charge < -0.3 is 10.5 Å². The molecule has 1 aromatic rings. The fourth-order valence-corrected chi connectivity index (χ4v) is 1.35. The van der Waals surface area contributed by atoms with E-state index in [-0.39, 0.29) is 12.5 Å². The smallest absolute Gasteiger partial charge is 0.320 e. The predicted molar refractivity (Wildman–Crippen MR) is 62.7 cm³/mol. The molecule has 1 rings (SSSR count). The number of ether oxygens (including phenoxy) is 1. The lowest BCUT2D eigenvalue weighted by Gasteiger charge is -2.05. The molecular formula is C10H12INO2. The van der Waals surface area contributed by atoms with Crippen molar-refractivity contribution in [3.05, 3.63) is 32.9 Å². The monoisotopic (exact) mass is 305 g/mol. The SMILES string of the molecule is Cc1cc(COC(=O)CN)ccc1I. The van der Waals surface area contributed by atoms with Crippen LogP contribution in [0.4, 0.5) is 0 Å². The van der Waals surface area contributed by atoms with E-state index >= 15 is 0 Å². The second-order valence-electron chi connectivity index (χ2n) is 2.95. The first-order chi connectivity index (χ1) is 6.63. The summed E-state index contributed by atoms with van der Waals surface area (Å²) in [5, 5.41) is 0. The van der Waals surface area contributed by atoms with Crippen LogP contribution >= 0.6 is 22.6 Å². The number of hydrogen-bond donors (Lipinski definition) is 1. The highest BCUT2D eigenvalue weighted by molar-refractivity contribution is 14.1. The third-order valence-corrected chi connectivity index (χ3v) is 3.00. The normalized spacial score (nSPS) is 9.93. The number of nitrogens with two attached hydrogens (primary N) is 1. The van der Waals surface area contributed by atoms with Gasteiger partial charge in [0.2, 0.25) is 0 Å². The number of aryl methyl sites for hydroxylation is 1. The third kappa shape index (κ3) is 3.26. The first-order valence-corrected chi connectivity index (χ1v) is 5.32. The van der Waals surface area contributed by atoms with Crippen molar-refractivity contribution in [2.45, 2.75) is 13.5 Å². The van der Waals surface area contributed by atoms with Crippen molar-refractivity contribution in [3.8, 4) is 0 Å². The van der Waals surface area contributed by atoms with Crippen LogP contribution < -0.4 is 5.73 Å². The minimum absolute atomic E-state index is 0.0661. The average molecular weight is 305 g/mol. The molecule has 0 radical (unpaired) electrons. The zero-order valence-electron chi connectivity index (χ0n) is 7.92. The summed E-state index contributed by atoms with van der Waals surface area (Å²) in [6.07, 6.45) is 0. The summed E-state index contributed by atoms with van der Waals surface area (Å²) in [6.45, 7) is 2.26. The minimum Gasteiger partial charge on any atom is -0.460 e. The Morgan fingerprint density at radius 1 is 1.57 bits per heavy atom. The summed E-state index contributed by atoms with van der Waals surface area (Å²) < 4.78 is 6.11. The zero-order chi connectivity index (χ0) is 10.6. The van der Waals surface area contributed by atoms with Crippen LogP contribution in [0.5, 0.6) is 0 Å². The Labute approximate surface area is 96.8 Å². The van der Waals surface area contributed by atoms with Gasteiger partial charge in [-0.2, -0.15) is 0 Å². The van der Waals surface area contributed by atoms with Gasteiger partial charge in [-0.1, -0.05) is 12.1 Å². The minimum atomic E-state index is -0.374. The summed E-state index contributed by atoms with van der Waals surface area (Å²) in [7, 11) is 0. The number of carbonyl (C=O) groups excluding carboxylic acids is 1. The Morgan fingerprint density at radius 2 is 2.29 bits per heavy atom. The zero-order valence-corrected chi connectivity index (χ0v) is 10.1. The highest BCUT2D eigenvalue weighted by atomic mass is 127. The molecule has 0 aliphatic carbocycles. The van der Waals surface area contributed by atoms with Gasteiger partial charge >= 0.3 is 5.97 Å². The fraction of sp³-hybridized carbons (Fsp3) is 0.300. The van der Waals surface area contributed by atoms with E-state index in [4.69, 9.17) is 10.5 Å². The van der Waals surface area contributed by atoms with Crippen LogP contribution in [0.25, 0.3) is 0 Å². The van der Waals surface area contributed by atoms with E-state index in [1.165, 1.54) is 9.13 Å². The molecule has 76 valence electrons. The Kier molecular flexibility index (Phi) is 4.34. The molecule has 0 aliphatic heterocycles. The number of carbonyl (C=O) groups is 1. The lowest BCUT2D eigenvalue weighted by Crippen LogP contribution is -2.16. The van der Waals surface area contributed by atoms with Crippen LogP contribution in [0.15, 0.2) is 18.2 Å². The first-order valence-electron chi connectivity index (χ1n) is 4.24. The molecule has 0 heterocycles. The van der Waals surface area contributed by atoms with E-state index in [9.17, 15) is 4.79 Å². The number of halogens is 1. The number of esters is 1. The Morgan fingerprint density at radius 3 is 2.86 bits per heavy atom. The Bertz CT molecular complexity index is 339. The summed E-state index contributed by atoms with van der Waals surface area (Å²) in [4.78, 5) is 10.8. The lowest BCUT2D eigenvalue weighted by atomic mass is 10.1. The molecule has 4 heteroatoms. The molecule has 0 amide bonds. The fourth-order valence-electron chi connectivity index (χ4n) is 1.02. The Balaban J connectivity index is 2.60. The topological polar surface area (TPSA) is 52.3 Å². The van der Waals surface area contributed by atoms with Crippen molar-refractivity contribution >= 4 is 28.6 Å². The molecule has 0 atom stereocenters. The van der Waals surface area contributed by atoms with Gasteiger partial charge in [0.1, 0.15) is 6.61 Å². The molecule has 0 unspecified atom stereocenters. The molecule has 0 aliphatic rings. The van der Waals surface area contributed by atoms with Gasteiger partial charge in [0.25, 0.3) is 0 Å². The van der Waals surface area contributed by atoms with Gasteiger partial charge in [-0.15, -0.1) is 0 Å². The van der Waals surface area contributed by atoms with Crippen LogP contribution in [-0.4, -0.2) is 12.5 Å². The average Bonchev–Trinajstić information content (AvgIpc) is 2.19. The maximum Gasteiger partial charge on any atom is 0.320 e. The second kappa shape index (κ2) is 5.31. The molecule has 0 fully saturated rings. The van der Waals surface area contributed by atoms with Crippen LogP contribution in [0, 0.1) is 10.5 Å². The molecule has 0 saturated heterocycles. The van der Waals surface area contributed by atoms with Gasteiger partial charge in [0.05, 0.1) is 6.54 Å². The van der Waals surface area contributed by atoms with E-state index in [1.807, 2.05) is 25.1 Å². The molecule has 0 spiro atoms. The third-order valence-electron chi connectivity index (χ3n) is 1.79. The second-order valence-corrected chi connectivity index (χ2v) is 4.11. The number of rotatable bonds is 3. The van der Waals surface area contributed by atoms with E-state index in [1.54, 1.807) is 0 Å². The van der Waals surface area contributed by atoms with Gasteiger partial charge in [-0.05, 0) is 46.7 Å². The van der Waals surface area contributed by atoms with Crippen molar-refractivity contribution < 1.29 is 9.53 Å². The summed E-state index contributed by atoms with van der Waals surface area (Å²) in [5.74, 6) is -0.374. The molecule has 0 saturated carbocycles. The maximum absolute atomic E-state index is 10.8. The van der Waals surface area contributed by atoms with Crippen molar-refractivity contribution in [2.24, 2.45) is 5.73 Å². The van der Waals surface area contributed by atoms with Crippen molar-refractivity contribution in [2.75, 3.05) is 6.54 Å². The maximum atomic E-state index is 10.8. The lowest BCUT2D eigenvalue weighted by molar-refractivity contribution is -0.143. The standard InChI is InChI=1S/C10H12INO2/c1-7-4-8(2-3-9(7)11)6-14-10(13)5-12/h2-4H,5-6,12H2,1H3. The molecule has 0 bridgehead atoms. The van der Waals surface area contributed by atoms with Crippen molar-refractivity contribution in [1.82, 2.24) is 0 Å². The van der Waals surface area contributed by atoms with Crippen LogP contribution in [-0.2, 0) is 16.1 Å². The van der Waals surface area contributed by atoms with Crippen LogP contribution in [0.3, 0.4) is 0 Å². The van der Waals surface area contributed by atoms with Crippen molar-refractivity contribution in [3.63, 3.8) is 0 Å². The number of hydrogen-bond acceptors (Lipinski definition) is 3. The highest BCUT2D eigenvalue weighted by Gasteiger charge is 2.01. The largest absolute Gasteiger partial charge is 0.460 e. The summed E-state index contributed by atoms with van der Waals surface area (Å²) in [5.41, 5.74) is 7.29. The summed E-state index contributed by atoms with van der Waals surface area (Å²) >= 11 is 2.26.